The van der Waals surface area contributed by atoms with Crippen LogP contribution in [0.5, 0.6) is 0 Å². The third-order valence-corrected chi connectivity index (χ3v) is 9.34. The van der Waals surface area contributed by atoms with Crippen LogP contribution in [0.15, 0.2) is 84.9 Å². The second-order valence-electron chi connectivity index (χ2n) is 14.8. The van der Waals surface area contributed by atoms with Gasteiger partial charge < -0.3 is 34.5 Å². The van der Waals surface area contributed by atoms with Gasteiger partial charge in [0.1, 0.15) is 18.5 Å². The monoisotopic (exact) mass is 792 g/mol. The molecule has 15 nitrogen and oxygen atoms in total. The van der Waals surface area contributed by atoms with Gasteiger partial charge in [0.2, 0.25) is 0 Å². The van der Waals surface area contributed by atoms with Gasteiger partial charge in [-0.2, -0.15) is 0 Å². The lowest BCUT2D eigenvalue weighted by Gasteiger charge is -2.28. The Balaban J connectivity index is 1.50. The highest BCUT2D eigenvalue weighted by molar-refractivity contribution is 6.12. The number of aliphatic hydroxyl groups excluding tert-OH is 2. The summed E-state index contributed by atoms with van der Waals surface area (Å²) < 4.78 is 21.5. The van der Waals surface area contributed by atoms with E-state index in [0.29, 0.717) is 33.8 Å². The van der Waals surface area contributed by atoms with Crippen molar-refractivity contribution in [3.63, 3.8) is 0 Å². The zero-order valence-electron chi connectivity index (χ0n) is 32.3. The third kappa shape index (κ3) is 13.1. The van der Waals surface area contributed by atoms with Crippen molar-refractivity contribution in [3.05, 3.63) is 122 Å². The summed E-state index contributed by atoms with van der Waals surface area (Å²) in [6.45, 7) is 6.81. The highest BCUT2D eigenvalue weighted by Crippen LogP contribution is 2.43. The van der Waals surface area contributed by atoms with E-state index in [1.807, 2.05) is 66.9 Å². The predicted octanol–water partition coefficient (Wildman–Crippen LogP) is 7.36. The number of benzene rings is 3. The van der Waals surface area contributed by atoms with Crippen LogP contribution in [0.2, 0.25) is 0 Å². The van der Waals surface area contributed by atoms with Gasteiger partial charge in [0.25, 0.3) is 16.1 Å². The van der Waals surface area contributed by atoms with E-state index < -0.39 is 58.7 Å². The molecule has 4 rings (SSSR count). The summed E-state index contributed by atoms with van der Waals surface area (Å²) in [6, 6.07) is 24.5. The number of nitrogens with one attached hydrogen (secondary N) is 1. The number of hydrogen-bond donors (Lipinski definition) is 3. The molecule has 0 saturated carbocycles. The molecular weight excluding hydrogens is 743 g/mol. The topological polar surface area (TPSA) is 206 Å². The van der Waals surface area contributed by atoms with Gasteiger partial charge in [-0.15, -0.1) is 20.2 Å². The average molecular weight is 793 g/mol. The number of anilines is 1. The van der Waals surface area contributed by atoms with E-state index in [4.69, 9.17) is 4.74 Å². The van der Waals surface area contributed by atoms with Crippen LogP contribution in [-0.4, -0.2) is 68.4 Å². The molecule has 0 aliphatic carbocycles. The first-order valence-corrected chi connectivity index (χ1v) is 18.6. The molecule has 0 aliphatic heterocycles. The summed E-state index contributed by atoms with van der Waals surface area (Å²) in [7, 11) is 0. The Morgan fingerprint density at radius 1 is 0.895 bits per heavy atom. The minimum absolute atomic E-state index is 0.0109. The van der Waals surface area contributed by atoms with Crippen LogP contribution >= 0.6 is 0 Å². The summed E-state index contributed by atoms with van der Waals surface area (Å²) in [5.41, 5.74) is 3.75. The summed E-state index contributed by atoms with van der Waals surface area (Å²) >= 11 is 0. The SMILES string of the molecule is CC(C)c1c(C(=O)Nc2ccccc2)c(-c2ccccc2)c(-c2ccc(F)cc2)n1CC[C@@H](O)C[C@@H](O)CC(=O)OCCC(C)(C)CC(CO[N+](=O)[O-])O[N+](=O)[O-]. The lowest BCUT2D eigenvalue weighted by molar-refractivity contribution is -0.790. The van der Waals surface area contributed by atoms with E-state index in [1.54, 1.807) is 38.1 Å². The highest BCUT2D eigenvalue weighted by Gasteiger charge is 2.31. The van der Waals surface area contributed by atoms with E-state index in [1.165, 1.54) is 12.1 Å². The molecule has 16 heteroatoms. The zero-order valence-corrected chi connectivity index (χ0v) is 32.3. The molecule has 306 valence electrons. The second kappa shape index (κ2) is 20.3. The normalized spacial score (nSPS) is 13.1. The molecule has 3 N–H and O–H groups in total. The Bertz CT molecular complexity index is 1950. The maximum atomic E-state index is 14.3. The van der Waals surface area contributed by atoms with Crippen molar-refractivity contribution in [3.8, 4) is 22.4 Å². The van der Waals surface area contributed by atoms with E-state index >= 15 is 0 Å². The van der Waals surface area contributed by atoms with Crippen LogP contribution in [-0.2, 0) is 25.8 Å². The van der Waals surface area contributed by atoms with Crippen LogP contribution in [0.1, 0.15) is 81.8 Å². The van der Waals surface area contributed by atoms with Gasteiger partial charge >= 0.3 is 5.97 Å². The maximum Gasteiger partial charge on any atom is 0.308 e. The van der Waals surface area contributed by atoms with Crippen LogP contribution < -0.4 is 5.32 Å². The largest absolute Gasteiger partial charge is 0.466 e. The second-order valence-corrected chi connectivity index (χ2v) is 14.8. The molecule has 0 saturated heterocycles. The van der Waals surface area contributed by atoms with Crippen LogP contribution in [0.25, 0.3) is 22.4 Å². The standard InChI is InChI=1S/C41H49FN4O11/c1-27(2)38-37(40(50)43-31-13-9-6-10-14-31)36(28-11-7-5-8-12-28)39(29-15-17-30(42)18-16-29)44(38)21-19-32(47)23-33(48)24-35(49)55-22-20-41(3,4)25-34(57-46(53)54)26-56-45(51)52/h5-18,27,32-34,47-48H,19-26H2,1-4H3,(H,43,50)/t32-,33-,34?/m1/s1. The van der Waals surface area contributed by atoms with E-state index in [0.717, 1.165) is 5.56 Å². The third-order valence-electron chi connectivity index (χ3n) is 9.34. The number of nitrogens with zero attached hydrogens (tertiary/aromatic N) is 3. The van der Waals surface area contributed by atoms with Gasteiger partial charge in [0.15, 0.2) is 0 Å². The van der Waals surface area contributed by atoms with Gasteiger partial charge in [-0.25, -0.2) is 4.39 Å². The van der Waals surface area contributed by atoms with Crippen molar-refractivity contribution in [1.82, 2.24) is 4.57 Å². The summed E-state index contributed by atoms with van der Waals surface area (Å²) in [5, 5.41) is 44.2. The maximum absolute atomic E-state index is 14.3. The number of para-hydroxylation sites is 1. The number of esters is 1. The average Bonchev–Trinajstić information content (AvgIpc) is 3.49. The van der Waals surface area contributed by atoms with E-state index in [2.05, 4.69) is 15.0 Å². The van der Waals surface area contributed by atoms with Gasteiger partial charge in [-0.1, -0.05) is 76.2 Å². The molecule has 57 heavy (non-hydrogen) atoms. The van der Waals surface area contributed by atoms with Crippen molar-refractivity contribution in [2.75, 3.05) is 18.5 Å². The number of hydrogen-bond acceptors (Lipinski definition) is 11. The Morgan fingerprint density at radius 2 is 1.53 bits per heavy atom. The van der Waals surface area contributed by atoms with Crippen molar-refractivity contribution < 1.29 is 48.8 Å². The van der Waals surface area contributed by atoms with Gasteiger partial charge in [0.05, 0.1) is 36.5 Å². The zero-order chi connectivity index (χ0) is 41.7. The van der Waals surface area contributed by atoms with Crippen LogP contribution in [0, 0.1) is 31.5 Å². The highest BCUT2D eigenvalue weighted by atomic mass is 19.1. The number of aromatic nitrogens is 1. The predicted molar refractivity (Wildman–Crippen MR) is 208 cm³/mol. The minimum Gasteiger partial charge on any atom is -0.466 e. The molecule has 3 atom stereocenters. The molecule has 0 aliphatic rings. The molecule has 1 amide bonds. The molecule has 0 radical (unpaired) electrons. The number of halogens is 1. The van der Waals surface area contributed by atoms with Crippen molar-refractivity contribution >= 4 is 17.6 Å². The number of ether oxygens (including phenoxy) is 1. The quantitative estimate of drug-likeness (QED) is 0.0407. The smallest absolute Gasteiger partial charge is 0.308 e. The number of carbonyl (C=O) groups excluding carboxylic acids is 2. The number of amides is 1. The first-order chi connectivity index (χ1) is 27.0. The molecule has 1 aromatic heterocycles. The Morgan fingerprint density at radius 3 is 2.12 bits per heavy atom. The molecule has 0 fully saturated rings. The molecular formula is C41H49FN4O11. The Hall–Kier alpha value is -5.87. The molecule has 3 aromatic carbocycles. The first-order valence-electron chi connectivity index (χ1n) is 18.6. The van der Waals surface area contributed by atoms with Crippen LogP contribution in [0.3, 0.4) is 0 Å². The molecule has 4 aromatic rings. The van der Waals surface area contributed by atoms with E-state index in [9.17, 15) is 44.4 Å². The van der Waals surface area contributed by atoms with Crippen LogP contribution in [0.4, 0.5) is 10.1 Å². The molecule has 0 bridgehead atoms. The van der Waals surface area contributed by atoms with Gasteiger partial charge in [-0.3, -0.25) is 9.59 Å². The number of aliphatic hydroxyl groups is 2. The Kier molecular flexibility index (Phi) is 15.6. The van der Waals surface area contributed by atoms with Gasteiger partial charge in [0, 0.05) is 23.5 Å². The number of carbonyl (C=O) groups is 2. The van der Waals surface area contributed by atoms with Crippen molar-refractivity contribution in [1.29, 1.82) is 0 Å². The fourth-order valence-corrected chi connectivity index (χ4v) is 6.80. The lowest BCUT2D eigenvalue weighted by atomic mass is 9.84. The van der Waals surface area contributed by atoms with Gasteiger partial charge in [-0.05, 0) is 84.5 Å². The first kappa shape index (κ1) is 43.9. The van der Waals surface area contributed by atoms with Crippen molar-refractivity contribution in [2.24, 2.45) is 5.41 Å². The fourth-order valence-electron chi connectivity index (χ4n) is 6.80. The Labute approximate surface area is 329 Å². The summed E-state index contributed by atoms with van der Waals surface area (Å²) in [5.74, 6) is -1.67. The molecule has 0 spiro atoms. The van der Waals surface area contributed by atoms with E-state index in [-0.39, 0.29) is 50.7 Å². The van der Waals surface area contributed by atoms with Crippen molar-refractivity contribution in [2.45, 2.75) is 90.6 Å². The summed E-state index contributed by atoms with van der Waals surface area (Å²) in [4.78, 5) is 57.0. The lowest BCUT2D eigenvalue weighted by Crippen LogP contribution is -2.31. The molecule has 1 unspecified atom stereocenters. The minimum atomic E-state index is -1.25. The summed E-state index contributed by atoms with van der Waals surface area (Å²) in [6.07, 6.45) is -3.79. The number of rotatable bonds is 22. The molecule has 1 heterocycles. The fraction of sp³-hybridized carbons (Fsp3) is 0.415.